The van der Waals surface area contributed by atoms with E-state index in [4.69, 9.17) is 9.72 Å². The van der Waals surface area contributed by atoms with Crippen molar-refractivity contribution in [2.45, 2.75) is 58.2 Å². The summed E-state index contributed by atoms with van der Waals surface area (Å²) < 4.78 is 7.60. The van der Waals surface area contributed by atoms with Gasteiger partial charge in [-0.1, -0.05) is 0 Å². The Kier molecular flexibility index (Phi) is 5.67. The minimum atomic E-state index is -0.0798. The molecule has 2 aliphatic heterocycles. The molecule has 5 rings (SSSR count). The number of anilines is 2. The highest BCUT2D eigenvalue weighted by atomic mass is 16.5. The van der Waals surface area contributed by atoms with E-state index >= 15 is 0 Å². The summed E-state index contributed by atoms with van der Waals surface area (Å²) in [7, 11) is 3.85. The second-order valence-electron chi connectivity index (χ2n) is 9.87. The lowest BCUT2D eigenvalue weighted by Gasteiger charge is -2.42. The number of carbonyl (C=O) groups is 1. The van der Waals surface area contributed by atoms with E-state index in [0.717, 1.165) is 54.8 Å². The number of aromatic nitrogens is 4. The second-order valence-corrected chi connectivity index (χ2v) is 9.87. The fraction of sp³-hybridized carbons (Fsp3) is 0.520. The molecule has 34 heavy (non-hydrogen) atoms. The van der Waals surface area contributed by atoms with Crippen LogP contribution in [0.1, 0.15) is 44.7 Å². The summed E-state index contributed by atoms with van der Waals surface area (Å²) in [6.07, 6.45) is 6.56. The smallest absolute Gasteiger partial charge is 0.229 e. The molecular weight excluding hydrogens is 430 g/mol. The van der Waals surface area contributed by atoms with E-state index in [1.165, 1.54) is 11.1 Å². The van der Waals surface area contributed by atoms with Crippen LogP contribution in [0.5, 0.6) is 5.75 Å². The van der Waals surface area contributed by atoms with Gasteiger partial charge in [-0.2, -0.15) is 10.1 Å². The molecule has 0 spiro atoms. The fourth-order valence-corrected chi connectivity index (χ4v) is 5.26. The van der Waals surface area contributed by atoms with Crippen LogP contribution in [0.4, 0.5) is 11.6 Å². The summed E-state index contributed by atoms with van der Waals surface area (Å²) in [4.78, 5) is 25.6. The molecule has 0 radical (unpaired) electrons. The third-order valence-electron chi connectivity index (χ3n) is 7.54. The van der Waals surface area contributed by atoms with Gasteiger partial charge in [-0.05, 0) is 63.4 Å². The van der Waals surface area contributed by atoms with Crippen molar-refractivity contribution in [3.8, 4) is 5.75 Å². The van der Waals surface area contributed by atoms with Crippen LogP contribution >= 0.6 is 0 Å². The maximum absolute atomic E-state index is 12.0. The first-order valence-electron chi connectivity index (χ1n) is 11.9. The molecule has 1 amide bonds. The number of likely N-dealkylation sites (tertiary alicyclic amines) is 1. The number of carbonyl (C=O) groups excluding carboxylic acids is 1. The Morgan fingerprint density at radius 2 is 2.09 bits per heavy atom. The second kappa shape index (κ2) is 8.54. The number of amides is 1. The zero-order valence-corrected chi connectivity index (χ0v) is 20.6. The molecule has 1 atom stereocenters. The van der Waals surface area contributed by atoms with Crippen LogP contribution in [0.15, 0.2) is 24.5 Å². The molecule has 4 heterocycles. The first-order chi connectivity index (χ1) is 16.3. The average Bonchev–Trinajstić information content (AvgIpc) is 3.44. The molecule has 2 aliphatic rings. The van der Waals surface area contributed by atoms with E-state index in [1.54, 1.807) is 26.4 Å². The van der Waals surface area contributed by atoms with Gasteiger partial charge in [-0.3, -0.25) is 9.69 Å². The van der Waals surface area contributed by atoms with Crippen molar-refractivity contribution in [1.29, 1.82) is 0 Å². The van der Waals surface area contributed by atoms with E-state index < -0.39 is 0 Å². The number of methoxy groups -OCH3 is 1. The van der Waals surface area contributed by atoms with E-state index in [1.807, 2.05) is 9.58 Å². The van der Waals surface area contributed by atoms with Crippen LogP contribution in [0, 0.1) is 0 Å². The molecule has 1 saturated heterocycles. The molecule has 9 heteroatoms. The third kappa shape index (κ3) is 3.87. The monoisotopic (exact) mass is 463 g/mol. The zero-order valence-electron chi connectivity index (χ0n) is 20.6. The Bertz CT molecular complexity index is 1240. The topological polar surface area (TPSA) is 88.4 Å². The lowest BCUT2D eigenvalue weighted by atomic mass is 9.83. The third-order valence-corrected chi connectivity index (χ3v) is 7.54. The van der Waals surface area contributed by atoms with Gasteiger partial charge in [0, 0.05) is 31.7 Å². The normalized spacial score (nSPS) is 19.9. The Balaban J connectivity index is 1.46. The minimum absolute atomic E-state index is 0.0798. The number of nitrogens with one attached hydrogen (secondary N) is 1. The van der Waals surface area contributed by atoms with Crippen LogP contribution in [0.25, 0.3) is 11.0 Å². The van der Waals surface area contributed by atoms with Crippen molar-refractivity contribution >= 4 is 28.6 Å². The summed E-state index contributed by atoms with van der Waals surface area (Å²) >= 11 is 0. The van der Waals surface area contributed by atoms with E-state index in [9.17, 15) is 4.79 Å². The van der Waals surface area contributed by atoms with Crippen LogP contribution in [0.3, 0.4) is 0 Å². The highest BCUT2D eigenvalue weighted by molar-refractivity contribution is 5.76. The number of likely N-dealkylation sites (N-methyl/N-ethyl adjacent to an activating group) is 1. The van der Waals surface area contributed by atoms with Crippen molar-refractivity contribution in [3.63, 3.8) is 0 Å². The van der Waals surface area contributed by atoms with Crippen molar-refractivity contribution in [2.75, 3.05) is 32.6 Å². The molecule has 2 aromatic heterocycles. The van der Waals surface area contributed by atoms with Gasteiger partial charge in [0.2, 0.25) is 11.9 Å². The zero-order chi connectivity index (χ0) is 24.0. The standard InChI is InChI=1S/C25H33N7O2/c1-16(33)31-9-6-7-19(31)15-32-23-18(14-27-32)13-26-24(29-23)28-21-12-20-17(11-22(21)34-5)8-10-30(4)25(20,2)3/h11-14,19H,6-10,15H2,1-5H3,(H,26,28,29)/t19-/m0/s1. The predicted octanol–water partition coefficient (Wildman–Crippen LogP) is 3.31. The SMILES string of the molecule is COc1cc2c(cc1Nc1ncc3cnn(C[C@@H]4CCCN4C(C)=O)c3n1)C(C)(C)N(C)CC2. The molecule has 9 nitrogen and oxygen atoms in total. The summed E-state index contributed by atoms with van der Waals surface area (Å²) in [5.74, 6) is 1.38. The molecule has 0 bridgehead atoms. The lowest BCUT2D eigenvalue weighted by Crippen LogP contribution is -2.44. The number of hydrogen-bond acceptors (Lipinski definition) is 7. The van der Waals surface area contributed by atoms with Gasteiger partial charge in [-0.25, -0.2) is 9.67 Å². The van der Waals surface area contributed by atoms with Gasteiger partial charge < -0.3 is 15.0 Å². The number of benzene rings is 1. The van der Waals surface area contributed by atoms with Gasteiger partial charge in [-0.15, -0.1) is 0 Å². The Hall–Kier alpha value is -3.20. The van der Waals surface area contributed by atoms with Gasteiger partial charge in [0.15, 0.2) is 5.65 Å². The van der Waals surface area contributed by atoms with Crippen molar-refractivity contribution in [3.05, 3.63) is 35.7 Å². The quantitative estimate of drug-likeness (QED) is 0.621. The highest BCUT2D eigenvalue weighted by Crippen LogP contribution is 2.40. The molecule has 3 aromatic rings. The number of nitrogens with zero attached hydrogens (tertiary/aromatic N) is 6. The molecule has 0 saturated carbocycles. The van der Waals surface area contributed by atoms with E-state index in [0.29, 0.717) is 12.5 Å². The van der Waals surface area contributed by atoms with Crippen LogP contribution in [0.2, 0.25) is 0 Å². The summed E-state index contributed by atoms with van der Waals surface area (Å²) in [6.45, 7) is 8.58. The number of ether oxygens (including phenoxy) is 1. The van der Waals surface area contributed by atoms with Gasteiger partial charge >= 0.3 is 0 Å². The molecule has 1 N–H and O–H groups in total. The molecule has 1 fully saturated rings. The van der Waals surface area contributed by atoms with Crippen molar-refractivity contribution in [2.24, 2.45) is 0 Å². The predicted molar refractivity (Wildman–Crippen MR) is 131 cm³/mol. The first-order valence-corrected chi connectivity index (χ1v) is 11.9. The fourth-order valence-electron chi connectivity index (χ4n) is 5.26. The van der Waals surface area contributed by atoms with E-state index in [-0.39, 0.29) is 17.5 Å². The van der Waals surface area contributed by atoms with Crippen LogP contribution in [-0.4, -0.2) is 68.7 Å². The van der Waals surface area contributed by atoms with Gasteiger partial charge in [0.25, 0.3) is 0 Å². The van der Waals surface area contributed by atoms with E-state index in [2.05, 4.69) is 53.3 Å². The number of hydrogen-bond donors (Lipinski definition) is 1. The summed E-state index contributed by atoms with van der Waals surface area (Å²) in [5, 5.41) is 8.80. The Morgan fingerprint density at radius 3 is 2.85 bits per heavy atom. The Labute approximate surface area is 200 Å². The van der Waals surface area contributed by atoms with Crippen LogP contribution in [-0.2, 0) is 23.3 Å². The average molecular weight is 464 g/mol. The first kappa shape index (κ1) is 22.6. The minimum Gasteiger partial charge on any atom is -0.495 e. The van der Waals surface area contributed by atoms with Crippen LogP contribution < -0.4 is 10.1 Å². The molecule has 1 aromatic carbocycles. The van der Waals surface area contributed by atoms with Gasteiger partial charge in [0.05, 0.1) is 37.0 Å². The molecule has 0 aliphatic carbocycles. The van der Waals surface area contributed by atoms with Gasteiger partial charge in [0.1, 0.15) is 5.75 Å². The number of fused-ring (bicyclic) bond motifs is 2. The molecular formula is C25H33N7O2. The largest absolute Gasteiger partial charge is 0.495 e. The maximum Gasteiger partial charge on any atom is 0.229 e. The molecule has 0 unspecified atom stereocenters. The Morgan fingerprint density at radius 1 is 1.26 bits per heavy atom. The number of rotatable bonds is 5. The summed E-state index contributed by atoms with van der Waals surface area (Å²) in [5.41, 5.74) is 4.11. The maximum atomic E-state index is 12.0. The highest BCUT2D eigenvalue weighted by Gasteiger charge is 2.33. The summed E-state index contributed by atoms with van der Waals surface area (Å²) in [6, 6.07) is 4.44. The lowest BCUT2D eigenvalue weighted by molar-refractivity contribution is -0.129. The van der Waals surface area contributed by atoms with Crippen molar-refractivity contribution in [1.82, 2.24) is 29.5 Å². The van der Waals surface area contributed by atoms with Crippen molar-refractivity contribution < 1.29 is 9.53 Å². The molecule has 180 valence electrons.